The Morgan fingerprint density at radius 1 is 1.73 bits per heavy atom. The molecule has 0 spiro atoms. The maximum atomic E-state index is 8.47. The molecule has 0 atom stereocenters. The van der Waals surface area contributed by atoms with Crippen molar-refractivity contribution >= 4 is 15.9 Å². The molecule has 0 aliphatic carbocycles. The van der Waals surface area contributed by atoms with Crippen molar-refractivity contribution in [3.8, 4) is 6.07 Å². The highest BCUT2D eigenvalue weighted by atomic mass is 79.9. The molecule has 0 aliphatic heterocycles. The summed E-state index contributed by atoms with van der Waals surface area (Å²) in [4.78, 5) is 0. The predicted octanol–water partition coefficient (Wildman–Crippen LogP) is 1.56. The minimum absolute atomic E-state index is 0.401. The fraction of sp³-hybridized carbons (Fsp3) is 0.429. The van der Waals surface area contributed by atoms with E-state index in [-0.39, 0.29) is 0 Å². The molecule has 1 heterocycles. The Hall–Kier alpha value is -0.820. The number of hydrogen-bond acceptors (Lipinski definition) is 2. The molecule has 0 saturated carbocycles. The van der Waals surface area contributed by atoms with Crippen LogP contribution in [0, 0.1) is 18.3 Å². The summed E-state index contributed by atoms with van der Waals surface area (Å²) < 4.78 is 2.67. The molecule has 0 unspecified atom stereocenters. The van der Waals surface area contributed by atoms with Crippen molar-refractivity contribution in [3.63, 3.8) is 0 Å². The molecule has 0 bridgehead atoms. The summed E-state index contributed by atoms with van der Waals surface area (Å²) in [6.45, 7) is 1.91. The Balaban J connectivity index is 3.14. The zero-order valence-electron chi connectivity index (χ0n) is 6.43. The third-order valence-electron chi connectivity index (χ3n) is 1.51. The van der Waals surface area contributed by atoms with Crippen molar-refractivity contribution in [2.75, 3.05) is 0 Å². The van der Waals surface area contributed by atoms with Gasteiger partial charge in [0.2, 0.25) is 0 Å². The molecule has 1 rings (SSSR count). The summed E-state index contributed by atoms with van der Waals surface area (Å²) in [7, 11) is 1.84. The minimum atomic E-state index is 0.401. The predicted molar refractivity (Wildman–Crippen MR) is 45.0 cm³/mol. The molecule has 1 aromatic heterocycles. The van der Waals surface area contributed by atoms with Crippen LogP contribution >= 0.6 is 15.9 Å². The molecule has 0 saturated heterocycles. The number of rotatable bonds is 1. The first-order chi connectivity index (χ1) is 5.16. The van der Waals surface area contributed by atoms with Crippen molar-refractivity contribution in [2.45, 2.75) is 13.3 Å². The monoisotopic (exact) mass is 213 g/mol. The number of nitrogens with zero attached hydrogens (tertiary/aromatic N) is 3. The van der Waals surface area contributed by atoms with E-state index in [1.54, 1.807) is 4.68 Å². The normalized spacial score (nSPS) is 9.64. The second kappa shape index (κ2) is 3.05. The zero-order chi connectivity index (χ0) is 8.43. The molecule has 0 N–H and O–H groups in total. The first-order valence-electron chi connectivity index (χ1n) is 3.21. The number of aromatic nitrogens is 2. The molecule has 0 amide bonds. The largest absolute Gasteiger partial charge is 0.270 e. The molecule has 0 aromatic carbocycles. The van der Waals surface area contributed by atoms with Gasteiger partial charge in [-0.1, -0.05) is 0 Å². The number of aryl methyl sites for hydroxylation is 2. The van der Waals surface area contributed by atoms with Crippen LogP contribution < -0.4 is 0 Å². The van der Waals surface area contributed by atoms with Crippen molar-refractivity contribution in [3.05, 3.63) is 15.9 Å². The highest BCUT2D eigenvalue weighted by Gasteiger charge is 2.08. The number of hydrogen-bond donors (Lipinski definition) is 0. The second-order valence-corrected chi connectivity index (χ2v) is 3.10. The lowest BCUT2D eigenvalue weighted by molar-refractivity contribution is 0.720. The number of nitriles is 1. The summed E-state index contributed by atoms with van der Waals surface area (Å²) in [5.74, 6) is 0. The molecule has 11 heavy (non-hydrogen) atoms. The molecular formula is C7H8BrN3. The molecule has 1 aromatic rings. The van der Waals surface area contributed by atoms with E-state index in [0.29, 0.717) is 6.42 Å². The van der Waals surface area contributed by atoms with Gasteiger partial charge in [-0.2, -0.15) is 10.4 Å². The van der Waals surface area contributed by atoms with Gasteiger partial charge in [0, 0.05) is 7.05 Å². The third-order valence-corrected chi connectivity index (χ3v) is 2.54. The second-order valence-electron chi connectivity index (χ2n) is 2.30. The minimum Gasteiger partial charge on any atom is -0.270 e. The maximum absolute atomic E-state index is 8.47. The molecule has 0 radical (unpaired) electrons. The van der Waals surface area contributed by atoms with Crippen LogP contribution in [0.1, 0.15) is 11.4 Å². The summed E-state index contributed by atoms with van der Waals surface area (Å²) in [5, 5.41) is 12.6. The summed E-state index contributed by atoms with van der Waals surface area (Å²) in [6, 6.07) is 2.09. The van der Waals surface area contributed by atoms with Crippen LogP contribution in [0.15, 0.2) is 4.47 Å². The molecule has 4 heteroatoms. The lowest BCUT2D eigenvalue weighted by Gasteiger charge is -1.93. The van der Waals surface area contributed by atoms with Crippen LogP contribution in [0.5, 0.6) is 0 Å². The Morgan fingerprint density at radius 3 is 2.73 bits per heavy atom. The van der Waals surface area contributed by atoms with Crippen molar-refractivity contribution in [2.24, 2.45) is 7.05 Å². The van der Waals surface area contributed by atoms with Gasteiger partial charge in [0.15, 0.2) is 0 Å². The van der Waals surface area contributed by atoms with Gasteiger partial charge in [-0.25, -0.2) is 0 Å². The van der Waals surface area contributed by atoms with Gasteiger partial charge in [-0.05, 0) is 22.9 Å². The molecule has 3 nitrogen and oxygen atoms in total. The Bertz CT molecular complexity index is 308. The summed E-state index contributed by atoms with van der Waals surface area (Å²) in [5.41, 5.74) is 1.86. The lowest BCUT2D eigenvalue weighted by atomic mass is 10.3. The fourth-order valence-electron chi connectivity index (χ4n) is 0.947. The summed E-state index contributed by atoms with van der Waals surface area (Å²) >= 11 is 3.37. The first-order valence-corrected chi connectivity index (χ1v) is 4.01. The third kappa shape index (κ3) is 1.43. The van der Waals surface area contributed by atoms with Crippen LogP contribution in [-0.2, 0) is 13.5 Å². The van der Waals surface area contributed by atoms with Gasteiger partial charge in [0.25, 0.3) is 0 Å². The van der Waals surface area contributed by atoms with Gasteiger partial charge in [0.05, 0.1) is 28.4 Å². The van der Waals surface area contributed by atoms with Crippen LogP contribution in [0.3, 0.4) is 0 Å². The average Bonchev–Trinajstić information content (AvgIpc) is 2.17. The van der Waals surface area contributed by atoms with Gasteiger partial charge in [-0.3, -0.25) is 4.68 Å². The van der Waals surface area contributed by atoms with E-state index >= 15 is 0 Å². The van der Waals surface area contributed by atoms with E-state index in [1.165, 1.54) is 0 Å². The highest BCUT2D eigenvalue weighted by molar-refractivity contribution is 9.10. The number of halogens is 1. The van der Waals surface area contributed by atoms with Gasteiger partial charge in [0.1, 0.15) is 0 Å². The highest BCUT2D eigenvalue weighted by Crippen LogP contribution is 2.19. The molecule has 0 aliphatic rings. The van der Waals surface area contributed by atoms with Crippen molar-refractivity contribution in [1.29, 1.82) is 5.26 Å². The quantitative estimate of drug-likeness (QED) is 0.711. The van der Waals surface area contributed by atoms with E-state index in [0.717, 1.165) is 15.9 Å². The zero-order valence-corrected chi connectivity index (χ0v) is 8.01. The maximum Gasteiger partial charge on any atom is 0.0783 e. The smallest absolute Gasteiger partial charge is 0.0783 e. The Morgan fingerprint density at radius 2 is 2.36 bits per heavy atom. The standard InChI is InChI=1S/C7H8BrN3/c1-5-7(8)6(3-4-9)11(2)10-5/h3H2,1-2H3. The van der Waals surface area contributed by atoms with Gasteiger partial charge in [-0.15, -0.1) is 0 Å². The molecule has 0 fully saturated rings. The van der Waals surface area contributed by atoms with E-state index in [1.807, 2.05) is 14.0 Å². The van der Waals surface area contributed by atoms with Crippen molar-refractivity contribution < 1.29 is 0 Å². The average molecular weight is 214 g/mol. The summed E-state index contributed by atoms with van der Waals surface area (Å²) in [6.07, 6.45) is 0.401. The SMILES string of the molecule is Cc1nn(C)c(CC#N)c1Br. The fourth-order valence-corrected chi connectivity index (χ4v) is 1.42. The van der Waals surface area contributed by atoms with Crippen LogP contribution in [0.2, 0.25) is 0 Å². The van der Waals surface area contributed by atoms with Crippen LogP contribution in [0.4, 0.5) is 0 Å². The van der Waals surface area contributed by atoms with Crippen LogP contribution in [-0.4, -0.2) is 9.78 Å². The molecular weight excluding hydrogens is 206 g/mol. The first kappa shape index (κ1) is 8.28. The van der Waals surface area contributed by atoms with E-state index < -0.39 is 0 Å². The Kier molecular flexibility index (Phi) is 2.30. The van der Waals surface area contributed by atoms with Crippen molar-refractivity contribution in [1.82, 2.24) is 9.78 Å². The van der Waals surface area contributed by atoms with E-state index in [9.17, 15) is 0 Å². The van der Waals surface area contributed by atoms with Gasteiger partial charge >= 0.3 is 0 Å². The van der Waals surface area contributed by atoms with E-state index in [4.69, 9.17) is 5.26 Å². The molecule has 58 valence electrons. The lowest BCUT2D eigenvalue weighted by Crippen LogP contribution is -1.96. The Labute approximate surface area is 73.8 Å². The van der Waals surface area contributed by atoms with Crippen LogP contribution in [0.25, 0.3) is 0 Å². The van der Waals surface area contributed by atoms with Gasteiger partial charge < -0.3 is 0 Å². The topological polar surface area (TPSA) is 41.6 Å². The van der Waals surface area contributed by atoms with E-state index in [2.05, 4.69) is 27.1 Å².